The zero-order chi connectivity index (χ0) is 15.8. The van der Waals surface area contributed by atoms with E-state index in [1.807, 2.05) is 37.8 Å². The molecule has 1 heterocycles. The summed E-state index contributed by atoms with van der Waals surface area (Å²) in [5.41, 5.74) is 0.451. The number of aromatic nitrogens is 1. The van der Waals surface area contributed by atoms with Crippen LogP contribution in [-0.4, -0.2) is 12.9 Å². The highest BCUT2D eigenvalue weighted by Crippen LogP contribution is 2.32. The zero-order valence-corrected chi connectivity index (χ0v) is 15.1. The van der Waals surface area contributed by atoms with Crippen LogP contribution >= 0.6 is 15.9 Å². The normalized spacial score (nSPS) is 13.1. The van der Waals surface area contributed by atoms with Crippen LogP contribution in [0.15, 0.2) is 33.5 Å². The first-order valence-electron chi connectivity index (χ1n) is 6.61. The summed E-state index contributed by atoms with van der Waals surface area (Å²) in [6, 6.07) is 9.53. The van der Waals surface area contributed by atoms with Crippen LogP contribution in [0.1, 0.15) is 11.8 Å². The summed E-state index contributed by atoms with van der Waals surface area (Å²) in [6.45, 7) is 6.05. The van der Waals surface area contributed by atoms with Gasteiger partial charge < -0.3 is 8.99 Å². The van der Waals surface area contributed by atoms with Crippen molar-refractivity contribution in [3.05, 3.63) is 44.8 Å². The molecule has 0 N–H and O–H groups in total. The second kappa shape index (κ2) is 5.76. The molecule has 0 amide bonds. The van der Waals surface area contributed by atoms with Gasteiger partial charge in [0, 0.05) is 22.3 Å². The fourth-order valence-corrected chi connectivity index (χ4v) is 3.92. The molecule has 0 saturated carbocycles. The number of pyridine rings is 1. The Kier molecular flexibility index (Phi) is 4.37. The Bertz CT molecular complexity index is 787. The molecule has 0 radical (unpaired) electrons. The molecule has 1 aromatic carbocycles. The van der Waals surface area contributed by atoms with Gasteiger partial charge in [0.1, 0.15) is 0 Å². The second-order valence-corrected chi connectivity index (χ2v) is 11.1. The highest BCUT2D eigenvalue weighted by Gasteiger charge is 2.27. The smallest absolute Gasteiger partial charge is 0.258 e. The molecule has 1 aromatic heterocycles. The number of hydrogen-bond donors (Lipinski definition) is 0. The molecular formula is C15H17BrN2O2Si. The van der Waals surface area contributed by atoms with Crippen LogP contribution in [0.2, 0.25) is 19.6 Å². The number of halogens is 1. The monoisotopic (exact) mass is 364 g/mol. The Balaban J connectivity index is 2.75. The van der Waals surface area contributed by atoms with Crippen LogP contribution < -0.4 is 5.56 Å². The molecule has 0 spiro atoms. The van der Waals surface area contributed by atoms with Gasteiger partial charge in [0.05, 0.1) is 11.8 Å². The van der Waals surface area contributed by atoms with Crippen molar-refractivity contribution in [3.8, 4) is 6.07 Å². The topological polar surface area (TPSA) is 55.0 Å². The van der Waals surface area contributed by atoms with Crippen molar-refractivity contribution in [2.45, 2.75) is 25.7 Å². The number of rotatable bonds is 3. The quantitative estimate of drug-likeness (QED) is 0.779. The van der Waals surface area contributed by atoms with Gasteiger partial charge in [0.25, 0.3) is 5.56 Å². The average molecular weight is 365 g/mol. The van der Waals surface area contributed by atoms with E-state index in [2.05, 4.69) is 22.0 Å². The summed E-state index contributed by atoms with van der Waals surface area (Å²) in [5.74, 6) is 0. The van der Waals surface area contributed by atoms with Crippen molar-refractivity contribution in [1.82, 2.24) is 4.57 Å². The van der Waals surface area contributed by atoms with E-state index in [-0.39, 0.29) is 5.56 Å². The second-order valence-electron chi connectivity index (χ2n) is 5.85. The lowest BCUT2D eigenvalue weighted by Gasteiger charge is -2.24. The lowest BCUT2D eigenvalue weighted by Crippen LogP contribution is -2.31. The van der Waals surface area contributed by atoms with E-state index in [9.17, 15) is 10.1 Å². The van der Waals surface area contributed by atoms with E-state index in [1.165, 1.54) is 4.57 Å². The fourth-order valence-electron chi connectivity index (χ4n) is 2.22. The minimum atomic E-state index is -1.91. The summed E-state index contributed by atoms with van der Waals surface area (Å²) in [5, 5.41) is 10.9. The molecule has 2 aromatic rings. The molecule has 6 heteroatoms. The third-order valence-corrected chi connectivity index (χ3v) is 4.90. The van der Waals surface area contributed by atoms with Crippen LogP contribution in [-0.2, 0) is 11.5 Å². The van der Waals surface area contributed by atoms with Crippen molar-refractivity contribution < 1.29 is 4.43 Å². The summed E-state index contributed by atoms with van der Waals surface area (Å²) in [6.07, 6.45) is -0.756. The van der Waals surface area contributed by atoms with Crippen LogP contribution in [0, 0.1) is 11.3 Å². The molecule has 0 saturated heterocycles. The predicted octanol–water partition coefficient (Wildman–Crippen LogP) is 3.72. The Hall–Kier alpha value is -1.42. The number of nitriles is 1. The molecule has 1 unspecified atom stereocenters. The highest BCUT2D eigenvalue weighted by molar-refractivity contribution is 9.10. The first-order chi connectivity index (χ1) is 9.76. The first kappa shape index (κ1) is 16.0. The minimum Gasteiger partial charge on any atom is -0.398 e. The standard InChI is InChI=1S/C15H17BrN2O2Si/c1-18-14(12(9-17)20-21(2,3)4)13(16)10-7-5-6-8-11(10)15(18)19/h5-8,12H,1-4H3. The molecule has 4 nitrogen and oxygen atoms in total. The van der Waals surface area contributed by atoms with E-state index < -0.39 is 14.4 Å². The molecular weight excluding hydrogens is 348 g/mol. The number of fused-ring (bicyclic) bond motifs is 1. The third kappa shape index (κ3) is 3.10. The summed E-state index contributed by atoms with van der Waals surface area (Å²) < 4.78 is 8.17. The van der Waals surface area contributed by atoms with Gasteiger partial charge in [-0.05, 0) is 41.6 Å². The van der Waals surface area contributed by atoms with Gasteiger partial charge >= 0.3 is 0 Å². The van der Waals surface area contributed by atoms with Crippen LogP contribution in [0.3, 0.4) is 0 Å². The largest absolute Gasteiger partial charge is 0.398 e. The van der Waals surface area contributed by atoms with E-state index in [4.69, 9.17) is 4.43 Å². The number of hydrogen-bond acceptors (Lipinski definition) is 3. The van der Waals surface area contributed by atoms with E-state index >= 15 is 0 Å². The minimum absolute atomic E-state index is 0.122. The molecule has 1 atom stereocenters. The number of benzene rings is 1. The van der Waals surface area contributed by atoms with Crippen molar-refractivity contribution >= 4 is 35.0 Å². The van der Waals surface area contributed by atoms with Gasteiger partial charge in [-0.15, -0.1) is 0 Å². The Morgan fingerprint density at radius 1 is 1.29 bits per heavy atom. The maximum absolute atomic E-state index is 12.5. The SMILES string of the molecule is Cn1c(C(C#N)O[Si](C)(C)C)c(Br)c2ccccc2c1=O. The number of nitrogens with zero attached hydrogens (tertiary/aromatic N) is 2. The maximum Gasteiger partial charge on any atom is 0.258 e. The van der Waals surface area contributed by atoms with Gasteiger partial charge in [0.15, 0.2) is 14.4 Å². The molecule has 0 aliphatic carbocycles. The summed E-state index contributed by atoms with van der Waals surface area (Å²) in [4.78, 5) is 12.5. The molecule has 0 fully saturated rings. The van der Waals surface area contributed by atoms with Gasteiger partial charge in [-0.2, -0.15) is 5.26 Å². The van der Waals surface area contributed by atoms with Crippen molar-refractivity contribution in [1.29, 1.82) is 5.26 Å². The van der Waals surface area contributed by atoms with Crippen LogP contribution in [0.4, 0.5) is 0 Å². The van der Waals surface area contributed by atoms with Gasteiger partial charge in [-0.25, -0.2) is 0 Å². The highest BCUT2D eigenvalue weighted by atomic mass is 79.9. The van der Waals surface area contributed by atoms with Crippen LogP contribution in [0.5, 0.6) is 0 Å². The first-order valence-corrected chi connectivity index (χ1v) is 10.8. The molecule has 21 heavy (non-hydrogen) atoms. The molecule has 0 aliphatic heterocycles. The van der Waals surface area contributed by atoms with Crippen molar-refractivity contribution in [2.75, 3.05) is 0 Å². The third-order valence-electron chi connectivity index (χ3n) is 3.12. The predicted molar refractivity (Wildman–Crippen MR) is 89.7 cm³/mol. The lowest BCUT2D eigenvalue weighted by molar-refractivity contribution is 0.244. The Labute approximate surface area is 133 Å². The molecule has 2 rings (SSSR count). The van der Waals surface area contributed by atoms with Gasteiger partial charge in [-0.3, -0.25) is 4.79 Å². The Morgan fingerprint density at radius 3 is 2.38 bits per heavy atom. The van der Waals surface area contributed by atoms with Gasteiger partial charge in [0.2, 0.25) is 0 Å². The summed E-state index contributed by atoms with van der Waals surface area (Å²) >= 11 is 3.54. The average Bonchev–Trinajstić information content (AvgIpc) is 2.42. The summed E-state index contributed by atoms with van der Waals surface area (Å²) in [7, 11) is -0.240. The molecule has 0 bridgehead atoms. The maximum atomic E-state index is 12.5. The molecule has 0 aliphatic rings. The van der Waals surface area contributed by atoms with Gasteiger partial charge in [-0.1, -0.05) is 18.2 Å². The zero-order valence-electron chi connectivity index (χ0n) is 12.5. The van der Waals surface area contributed by atoms with Crippen LogP contribution in [0.25, 0.3) is 10.8 Å². The van der Waals surface area contributed by atoms with E-state index in [0.717, 1.165) is 9.86 Å². The van der Waals surface area contributed by atoms with E-state index in [1.54, 1.807) is 13.1 Å². The van der Waals surface area contributed by atoms with Crippen molar-refractivity contribution in [3.63, 3.8) is 0 Å². The molecule has 110 valence electrons. The fraction of sp³-hybridized carbons (Fsp3) is 0.333. The lowest BCUT2D eigenvalue weighted by atomic mass is 10.1. The van der Waals surface area contributed by atoms with E-state index in [0.29, 0.717) is 11.1 Å². The Morgan fingerprint density at radius 2 is 1.86 bits per heavy atom. The van der Waals surface area contributed by atoms with Crippen molar-refractivity contribution in [2.24, 2.45) is 7.05 Å².